The Labute approximate surface area is 135 Å². The van der Waals surface area contributed by atoms with Crippen molar-refractivity contribution in [3.63, 3.8) is 0 Å². The van der Waals surface area contributed by atoms with Crippen LogP contribution in [0, 0.1) is 13.8 Å². The minimum atomic E-state index is -4.37. The summed E-state index contributed by atoms with van der Waals surface area (Å²) in [5, 5.41) is 0. The number of hydrogen-bond acceptors (Lipinski definition) is 3. The summed E-state index contributed by atoms with van der Waals surface area (Å²) in [5.41, 5.74) is 1.52. The van der Waals surface area contributed by atoms with Crippen molar-refractivity contribution in [3.05, 3.63) is 45.7 Å². The van der Waals surface area contributed by atoms with Crippen molar-refractivity contribution in [2.75, 3.05) is 11.4 Å². The molecule has 118 valence electrons. The SMILES string of the molecule is CCN(c1nc(C)cc(C)n1)c1ccc(C(F)(F)F)cc1Br. The number of aryl methyl sites for hydroxylation is 2. The minimum absolute atomic E-state index is 0.354. The monoisotopic (exact) mass is 373 g/mol. The number of anilines is 2. The topological polar surface area (TPSA) is 29.0 Å². The van der Waals surface area contributed by atoms with Crippen molar-refractivity contribution < 1.29 is 13.2 Å². The number of aromatic nitrogens is 2. The van der Waals surface area contributed by atoms with Gasteiger partial charge >= 0.3 is 6.18 Å². The zero-order chi connectivity index (χ0) is 16.5. The predicted molar refractivity (Wildman–Crippen MR) is 83.3 cm³/mol. The van der Waals surface area contributed by atoms with Gasteiger partial charge in [-0.25, -0.2) is 9.97 Å². The molecule has 22 heavy (non-hydrogen) atoms. The summed E-state index contributed by atoms with van der Waals surface area (Å²) >= 11 is 3.22. The van der Waals surface area contributed by atoms with Crippen molar-refractivity contribution in [2.45, 2.75) is 26.9 Å². The first kappa shape index (κ1) is 16.7. The molecule has 0 fully saturated rings. The Hall–Kier alpha value is -1.63. The smallest absolute Gasteiger partial charge is 0.310 e. The molecule has 0 radical (unpaired) electrons. The lowest BCUT2D eigenvalue weighted by molar-refractivity contribution is -0.137. The largest absolute Gasteiger partial charge is 0.416 e. The predicted octanol–water partition coefficient (Wildman–Crippen LogP) is 5.03. The Morgan fingerprint density at radius 1 is 1.09 bits per heavy atom. The van der Waals surface area contributed by atoms with Crippen LogP contribution >= 0.6 is 15.9 Å². The van der Waals surface area contributed by atoms with E-state index < -0.39 is 11.7 Å². The molecule has 2 aromatic rings. The van der Waals surface area contributed by atoms with Gasteiger partial charge in [0.25, 0.3) is 0 Å². The summed E-state index contributed by atoms with van der Waals surface area (Å²) in [5.74, 6) is 0.473. The number of nitrogens with zero attached hydrogens (tertiary/aromatic N) is 3. The van der Waals surface area contributed by atoms with Gasteiger partial charge in [-0.3, -0.25) is 0 Å². The number of halogens is 4. The normalized spacial score (nSPS) is 11.6. The lowest BCUT2D eigenvalue weighted by Gasteiger charge is -2.23. The van der Waals surface area contributed by atoms with E-state index in [-0.39, 0.29) is 0 Å². The molecule has 0 N–H and O–H groups in total. The highest BCUT2D eigenvalue weighted by molar-refractivity contribution is 9.10. The molecule has 3 nitrogen and oxygen atoms in total. The van der Waals surface area contributed by atoms with Gasteiger partial charge in [-0.05, 0) is 61.0 Å². The van der Waals surface area contributed by atoms with E-state index in [1.807, 2.05) is 26.8 Å². The molecule has 0 atom stereocenters. The van der Waals surface area contributed by atoms with Crippen LogP contribution in [-0.4, -0.2) is 16.5 Å². The van der Waals surface area contributed by atoms with Gasteiger partial charge in [-0.15, -0.1) is 0 Å². The Morgan fingerprint density at radius 2 is 1.68 bits per heavy atom. The van der Waals surface area contributed by atoms with Gasteiger partial charge in [0.1, 0.15) is 0 Å². The molecular formula is C15H15BrF3N3. The fourth-order valence-electron chi connectivity index (χ4n) is 2.15. The van der Waals surface area contributed by atoms with Crippen LogP contribution in [0.4, 0.5) is 24.8 Å². The van der Waals surface area contributed by atoms with E-state index in [2.05, 4.69) is 25.9 Å². The minimum Gasteiger partial charge on any atom is -0.310 e. The molecule has 1 aromatic heterocycles. The first-order chi connectivity index (χ1) is 10.2. The van der Waals surface area contributed by atoms with Crippen LogP contribution in [0.2, 0.25) is 0 Å². The average molecular weight is 374 g/mol. The van der Waals surface area contributed by atoms with Crippen molar-refractivity contribution >= 4 is 27.6 Å². The van der Waals surface area contributed by atoms with Crippen LogP contribution in [0.3, 0.4) is 0 Å². The third-order valence-electron chi connectivity index (χ3n) is 3.09. The highest BCUT2D eigenvalue weighted by Gasteiger charge is 2.31. The van der Waals surface area contributed by atoms with Gasteiger partial charge in [-0.2, -0.15) is 13.2 Å². The van der Waals surface area contributed by atoms with Gasteiger partial charge in [0.15, 0.2) is 0 Å². The van der Waals surface area contributed by atoms with E-state index in [0.29, 0.717) is 22.7 Å². The van der Waals surface area contributed by atoms with Crippen molar-refractivity contribution in [2.24, 2.45) is 0 Å². The molecule has 2 rings (SSSR count). The molecule has 0 aliphatic carbocycles. The summed E-state index contributed by atoms with van der Waals surface area (Å²) in [6.45, 7) is 6.14. The summed E-state index contributed by atoms with van der Waals surface area (Å²) in [6, 6.07) is 5.41. The van der Waals surface area contributed by atoms with Crippen LogP contribution in [-0.2, 0) is 6.18 Å². The lowest BCUT2D eigenvalue weighted by Crippen LogP contribution is -2.20. The molecule has 0 aliphatic heterocycles. The van der Waals surface area contributed by atoms with Crippen LogP contribution in [0.25, 0.3) is 0 Å². The number of benzene rings is 1. The Bertz CT molecular complexity index is 666. The van der Waals surface area contributed by atoms with Gasteiger partial charge in [0.05, 0.1) is 11.3 Å². The molecule has 0 aliphatic rings. The molecule has 1 aromatic carbocycles. The van der Waals surface area contributed by atoms with Crippen LogP contribution in [0.15, 0.2) is 28.7 Å². The number of hydrogen-bond donors (Lipinski definition) is 0. The summed E-state index contributed by atoms with van der Waals surface area (Å²) in [7, 11) is 0. The maximum absolute atomic E-state index is 12.8. The standard InChI is InChI=1S/C15H15BrF3N3/c1-4-22(14-20-9(2)7-10(3)21-14)13-6-5-11(8-12(13)16)15(17,18)19/h5-8H,4H2,1-3H3. The lowest BCUT2D eigenvalue weighted by atomic mass is 10.2. The highest BCUT2D eigenvalue weighted by Crippen LogP contribution is 2.36. The molecule has 0 spiro atoms. The fraction of sp³-hybridized carbons (Fsp3) is 0.333. The molecule has 1 heterocycles. The Morgan fingerprint density at radius 3 is 2.14 bits per heavy atom. The quantitative estimate of drug-likeness (QED) is 0.755. The van der Waals surface area contributed by atoms with E-state index in [9.17, 15) is 13.2 Å². The summed E-state index contributed by atoms with van der Waals surface area (Å²) in [6.07, 6.45) is -4.37. The first-order valence-corrected chi connectivity index (χ1v) is 7.48. The third-order valence-corrected chi connectivity index (χ3v) is 3.73. The fourth-order valence-corrected chi connectivity index (χ4v) is 2.74. The highest BCUT2D eigenvalue weighted by atomic mass is 79.9. The number of rotatable bonds is 3. The van der Waals surface area contributed by atoms with E-state index >= 15 is 0 Å². The number of alkyl halides is 3. The van der Waals surface area contributed by atoms with Gasteiger partial charge in [0, 0.05) is 22.4 Å². The maximum Gasteiger partial charge on any atom is 0.416 e. The van der Waals surface area contributed by atoms with Crippen LogP contribution in [0.5, 0.6) is 0 Å². The van der Waals surface area contributed by atoms with E-state index in [1.54, 1.807) is 4.90 Å². The first-order valence-electron chi connectivity index (χ1n) is 6.69. The zero-order valence-corrected chi connectivity index (χ0v) is 14.0. The molecular weight excluding hydrogens is 359 g/mol. The molecule has 7 heteroatoms. The van der Waals surface area contributed by atoms with Gasteiger partial charge in [0.2, 0.25) is 5.95 Å². The molecule has 0 saturated carbocycles. The second-order valence-corrected chi connectivity index (χ2v) is 5.71. The van der Waals surface area contributed by atoms with Crippen LogP contribution < -0.4 is 4.90 Å². The summed E-state index contributed by atoms with van der Waals surface area (Å²) < 4.78 is 38.6. The second-order valence-electron chi connectivity index (χ2n) is 4.86. The molecule has 0 amide bonds. The average Bonchev–Trinajstić information content (AvgIpc) is 2.39. The molecule has 0 saturated heterocycles. The third kappa shape index (κ3) is 3.58. The molecule has 0 unspecified atom stereocenters. The van der Waals surface area contributed by atoms with Crippen molar-refractivity contribution in [3.8, 4) is 0 Å². The molecule has 0 bridgehead atoms. The van der Waals surface area contributed by atoms with E-state index in [4.69, 9.17) is 0 Å². The Kier molecular flexibility index (Phi) is 4.75. The maximum atomic E-state index is 12.8. The Balaban J connectivity index is 2.48. The van der Waals surface area contributed by atoms with E-state index in [0.717, 1.165) is 23.5 Å². The van der Waals surface area contributed by atoms with Crippen LogP contribution in [0.1, 0.15) is 23.9 Å². The summed E-state index contributed by atoms with van der Waals surface area (Å²) in [4.78, 5) is 10.5. The van der Waals surface area contributed by atoms with Crippen molar-refractivity contribution in [1.29, 1.82) is 0 Å². The van der Waals surface area contributed by atoms with E-state index in [1.165, 1.54) is 6.07 Å². The van der Waals surface area contributed by atoms with Gasteiger partial charge < -0.3 is 4.90 Å². The zero-order valence-electron chi connectivity index (χ0n) is 12.4. The van der Waals surface area contributed by atoms with Gasteiger partial charge in [-0.1, -0.05) is 0 Å². The van der Waals surface area contributed by atoms with Crippen molar-refractivity contribution in [1.82, 2.24) is 9.97 Å². The second kappa shape index (κ2) is 6.24.